The second-order valence-electron chi connectivity index (χ2n) is 6.77. The summed E-state index contributed by atoms with van der Waals surface area (Å²) >= 11 is -0.174. The van der Waals surface area contributed by atoms with Gasteiger partial charge in [0, 0.05) is 0 Å². The molecule has 2 atom stereocenters. The fraction of sp³-hybridized carbons (Fsp3) is 0.409. The number of para-hydroxylation sites is 2. The number of aliphatic carboxylic acids is 1. The van der Waals surface area contributed by atoms with Gasteiger partial charge in [-0.1, -0.05) is 0 Å². The predicted molar refractivity (Wildman–Crippen MR) is 114 cm³/mol. The molecule has 0 fully saturated rings. The summed E-state index contributed by atoms with van der Waals surface area (Å²) < 4.78 is 12.4. The van der Waals surface area contributed by atoms with Crippen LogP contribution in [-0.4, -0.2) is 59.2 Å². The van der Waals surface area contributed by atoms with Crippen molar-refractivity contribution in [3.63, 3.8) is 0 Å². The SMILES string of the molecule is CCOC(Cc1ccc([AsH]CCCN2CCOc3ccccc32)cc1)C(=O)O. The Morgan fingerprint density at radius 2 is 2.04 bits per heavy atom. The van der Waals surface area contributed by atoms with Crippen molar-refractivity contribution in [3.8, 4) is 5.75 Å². The molecule has 3 rings (SSSR count). The summed E-state index contributed by atoms with van der Waals surface area (Å²) in [4.78, 5) is 13.6. The van der Waals surface area contributed by atoms with Gasteiger partial charge in [0.15, 0.2) is 0 Å². The van der Waals surface area contributed by atoms with Gasteiger partial charge in [0.1, 0.15) is 0 Å². The molecule has 2 unspecified atom stereocenters. The second-order valence-corrected chi connectivity index (χ2v) is 9.77. The molecule has 150 valence electrons. The van der Waals surface area contributed by atoms with Gasteiger partial charge in [0.05, 0.1) is 0 Å². The summed E-state index contributed by atoms with van der Waals surface area (Å²) in [6, 6.07) is 16.7. The summed E-state index contributed by atoms with van der Waals surface area (Å²) in [6.45, 7) is 5.01. The topological polar surface area (TPSA) is 59.0 Å². The standard InChI is InChI=1S/C22H28AsNO4/c1-2-27-21(22(25)26)16-17-8-10-18(11-9-17)23-12-5-13-24-14-15-28-20-7-4-3-6-19(20)24/h3-4,6-11,21,23H,2,5,12-16H2,1H3,(H,25,26). The summed E-state index contributed by atoms with van der Waals surface area (Å²) in [5.41, 5.74) is 2.22. The molecule has 0 saturated heterocycles. The van der Waals surface area contributed by atoms with Crippen LogP contribution in [0, 0.1) is 0 Å². The van der Waals surface area contributed by atoms with E-state index in [1.165, 1.54) is 21.7 Å². The van der Waals surface area contributed by atoms with Gasteiger partial charge in [-0.25, -0.2) is 0 Å². The van der Waals surface area contributed by atoms with Crippen molar-refractivity contribution in [1.82, 2.24) is 0 Å². The fourth-order valence-corrected chi connectivity index (χ4v) is 5.51. The first-order valence-corrected chi connectivity index (χ1v) is 12.3. The molecule has 1 heterocycles. The molecule has 5 nitrogen and oxygen atoms in total. The molecule has 0 aliphatic carbocycles. The van der Waals surface area contributed by atoms with Crippen molar-refractivity contribution < 1.29 is 19.4 Å². The first kappa shape index (κ1) is 20.8. The van der Waals surface area contributed by atoms with Gasteiger partial charge in [-0.05, 0) is 0 Å². The minimum atomic E-state index is -0.899. The Morgan fingerprint density at radius 1 is 1.25 bits per heavy atom. The van der Waals surface area contributed by atoms with E-state index in [1.54, 1.807) is 0 Å². The Balaban J connectivity index is 1.44. The number of carboxylic acid groups (broad SMARTS) is 1. The third-order valence-electron chi connectivity index (χ3n) is 4.78. The molecule has 0 spiro atoms. The van der Waals surface area contributed by atoms with E-state index in [9.17, 15) is 9.90 Å². The molecular weight excluding hydrogens is 417 g/mol. The van der Waals surface area contributed by atoms with Crippen molar-refractivity contribution in [2.24, 2.45) is 0 Å². The van der Waals surface area contributed by atoms with Gasteiger partial charge >= 0.3 is 173 Å². The molecule has 0 aromatic heterocycles. The van der Waals surface area contributed by atoms with Gasteiger partial charge in [-0.2, -0.15) is 0 Å². The number of carbonyl (C=O) groups is 1. The zero-order valence-electron chi connectivity index (χ0n) is 16.3. The van der Waals surface area contributed by atoms with Crippen LogP contribution in [0.3, 0.4) is 0 Å². The first-order chi connectivity index (χ1) is 13.7. The van der Waals surface area contributed by atoms with E-state index in [4.69, 9.17) is 9.47 Å². The summed E-state index contributed by atoms with van der Waals surface area (Å²) in [5, 5.41) is 10.4. The second kappa shape index (κ2) is 10.5. The van der Waals surface area contributed by atoms with Crippen molar-refractivity contribution in [1.29, 1.82) is 0 Å². The Morgan fingerprint density at radius 3 is 2.79 bits per heavy atom. The van der Waals surface area contributed by atoms with Gasteiger partial charge in [0.2, 0.25) is 0 Å². The molecule has 0 saturated carbocycles. The van der Waals surface area contributed by atoms with Crippen LogP contribution in [0.25, 0.3) is 0 Å². The maximum absolute atomic E-state index is 11.2. The molecule has 6 heteroatoms. The molecular formula is C22H28AsNO4. The zero-order chi connectivity index (χ0) is 19.8. The number of carboxylic acids is 1. The van der Waals surface area contributed by atoms with E-state index < -0.39 is 12.1 Å². The van der Waals surface area contributed by atoms with Crippen LogP contribution in [0.4, 0.5) is 5.69 Å². The number of rotatable bonds is 10. The first-order valence-electron chi connectivity index (χ1n) is 9.81. The molecule has 1 aliphatic rings. The third-order valence-corrected chi connectivity index (χ3v) is 7.60. The van der Waals surface area contributed by atoms with E-state index in [0.29, 0.717) is 13.0 Å². The summed E-state index contributed by atoms with van der Waals surface area (Å²) in [6.07, 6.45) is 0.838. The van der Waals surface area contributed by atoms with E-state index in [0.717, 1.165) is 31.0 Å². The monoisotopic (exact) mass is 445 g/mol. The van der Waals surface area contributed by atoms with Gasteiger partial charge < -0.3 is 0 Å². The number of hydrogen-bond acceptors (Lipinski definition) is 4. The quantitative estimate of drug-likeness (QED) is 0.450. The Labute approximate surface area is 173 Å². The van der Waals surface area contributed by atoms with Crippen LogP contribution in [-0.2, 0) is 16.0 Å². The number of anilines is 1. The van der Waals surface area contributed by atoms with E-state index in [-0.39, 0.29) is 15.8 Å². The minimum absolute atomic E-state index is 0.174. The molecule has 0 amide bonds. The average Bonchev–Trinajstić information content (AvgIpc) is 2.72. The van der Waals surface area contributed by atoms with Crippen LogP contribution in [0.5, 0.6) is 5.75 Å². The predicted octanol–water partition coefficient (Wildman–Crippen LogP) is 2.49. The van der Waals surface area contributed by atoms with Gasteiger partial charge in [0.25, 0.3) is 0 Å². The number of fused-ring (bicyclic) bond motifs is 1. The van der Waals surface area contributed by atoms with Crippen LogP contribution in [0.2, 0.25) is 5.21 Å². The van der Waals surface area contributed by atoms with E-state index in [1.807, 2.05) is 31.2 Å². The average molecular weight is 445 g/mol. The molecule has 2 aromatic carbocycles. The van der Waals surface area contributed by atoms with E-state index in [2.05, 4.69) is 29.2 Å². The molecule has 2 aromatic rings. The molecule has 28 heavy (non-hydrogen) atoms. The molecule has 0 bridgehead atoms. The number of benzene rings is 2. The number of ether oxygens (including phenoxy) is 2. The zero-order valence-corrected chi connectivity index (χ0v) is 18.4. The Bertz CT molecular complexity index is 765. The van der Waals surface area contributed by atoms with Crippen LogP contribution >= 0.6 is 0 Å². The molecule has 1 aliphatic heterocycles. The normalized spacial score (nSPS) is 14.7. The summed E-state index contributed by atoms with van der Waals surface area (Å²) in [5.74, 6) is 0.0936. The van der Waals surface area contributed by atoms with Crippen LogP contribution in [0.1, 0.15) is 18.9 Å². The van der Waals surface area contributed by atoms with Crippen LogP contribution < -0.4 is 14.0 Å². The maximum atomic E-state index is 11.2. The molecule has 1 N–H and O–H groups in total. The van der Waals surface area contributed by atoms with Crippen molar-refractivity contribution >= 4 is 31.8 Å². The van der Waals surface area contributed by atoms with Crippen LogP contribution in [0.15, 0.2) is 48.5 Å². The van der Waals surface area contributed by atoms with Crippen molar-refractivity contribution in [3.05, 3.63) is 54.1 Å². The van der Waals surface area contributed by atoms with Crippen molar-refractivity contribution in [2.45, 2.75) is 31.1 Å². The fourth-order valence-electron chi connectivity index (χ4n) is 3.35. The van der Waals surface area contributed by atoms with Gasteiger partial charge in [-0.15, -0.1) is 0 Å². The number of hydrogen-bond donors (Lipinski definition) is 1. The Kier molecular flexibility index (Phi) is 7.81. The van der Waals surface area contributed by atoms with Crippen molar-refractivity contribution in [2.75, 3.05) is 31.2 Å². The molecule has 0 radical (unpaired) electrons. The Hall–Kier alpha value is -1.97. The third kappa shape index (κ3) is 5.76. The van der Waals surface area contributed by atoms with E-state index >= 15 is 0 Å². The van der Waals surface area contributed by atoms with Gasteiger partial charge in [-0.3, -0.25) is 0 Å². The summed E-state index contributed by atoms with van der Waals surface area (Å²) in [7, 11) is 0. The number of nitrogens with zero attached hydrogens (tertiary/aromatic N) is 1.